The van der Waals surface area contributed by atoms with Crippen molar-refractivity contribution in [3.63, 3.8) is 0 Å². The maximum absolute atomic E-state index is 8.50. The molecule has 14 heavy (non-hydrogen) atoms. The highest BCUT2D eigenvalue weighted by Crippen LogP contribution is 2.12. The van der Waals surface area contributed by atoms with E-state index in [2.05, 4.69) is 36.7 Å². The molecule has 0 amide bonds. The van der Waals surface area contributed by atoms with Gasteiger partial charge in [0.2, 0.25) is 0 Å². The van der Waals surface area contributed by atoms with Crippen LogP contribution in [0.2, 0.25) is 0 Å². The van der Waals surface area contributed by atoms with Crippen molar-refractivity contribution in [1.82, 2.24) is 0 Å². The molecule has 4 N–H and O–H groups in total. The van der Waals surface area contributed by atoms with E-state index in [1.54, 1.807) is 0 Å². The zero-order valence-corrected chi connectivity index (χ0v) is 10.6. The number of hydrogen-bond donors (Lipinski definition) is 4. The zero-order valence-electron chi connectivity index (χ0n) is 9.00. The van der Waals surface area contributed by atoms with Crippen LogP contribution in [-0.4, -0.2) is 51.2 Å². The predicted molar refractivity (Wildman–Crippen MR) is 59.5 cm³/mol. The number of halogens is 1. The quantitative estimate of drug-likeness (QED) is 0.549. The summed E-state index contributed by atoms with van der Waals surface area (Å²) in [5.41, 5.74) is -1.11. The summed E-state index contributed by atoms with van der Waals surface area (Å²) in [7, 11) is 0. The summed E-state index contributed by atoms with van der Waals surface area (Å²) in [6.07, 6.45) is 0. The Morgan fingerprint density at radius 2 is 0.929 bits per heavy atom. The van der Waals surface area contributed by atoms with Crippen LogP contribution in [0.5, 0.6) is 0 Å². The molecule has 0 bridgehead atoms. The van der Waals surface area contributed by atoms with Gasteiger partial charge in [0.15, 0.2) is 0 Å². The summed E-state index contributed by atoms with van der Waals surface area (Å²) in [6, 6.07) is 0. The van der Waals surface area contributed by atoms with E-state index < -0.39 is 31.8 Å². The molecule has 5 heteroatoms. The standard InChI is InChI=1S/C5H12O4.C4H9Br/c6-1-5(2-7,3-8)4-9;1-4(2,3)5/h6-9H,1-4H2;1-3H3. The number of rotatable bonds is 4. The molecule has 0 saturated heterocycles. The van der Waals surface area contributed by atoms with Gasteiger partial charge in [-0.1, -0.05) is 36.7 Å². The normalized spacial score (nSPS) is 12.0. The fourth-order valence-electron chi connectivity index (χ4n) is 0.300. The third-order valence-corrected chi connectivity index (χ3v) is 1.34. The summed E-state index contributed by atoms with van der Waals surface area (Å²) in [5.74, 6) is 0. The summed E-state index contributed by atoms with van der Waals surface area (Å²) >= 11 is 3.38. The Labute approximate surface area is 93.7 Å². The van der Waals surface area contributed by atoms with E-state index in [0.717, 1.165) is 0 Å². The molecule has 0 spiro atoms. The molecule has 0 aromatic carbocycles. The molecule has 0 fully saturated rings. The first kappa shape index (κ1) is 16.7. The Morgan fingerprint density at radius 3 is 0.929 bits per heavy atom. The van der Waals surface area contributed by atoms with Crippen molar-refractivity contribution in [1.29, 1.82) is 0 Å². The van der Waals surface area contributed by atoms with Crippen molar-refractivity contribution < 1.29 is 20.4 Å². The highest BCUT2D eigenvalue weighted by Gasteiger charge is 2.26. The largest absolute Gasteiger partial charge is 0.396 e. The molecular formula is C9H21BrO4. The maximum Gasteiger partial charge on any atom is 0.0627 e. The van der Waals surface area contributed by atoms with Crippen LogP contribution in [0.25, 0.3) is 0 Å². The highest BCUT2D eigenvalue weighted by atomic mass is 79.9. The Kier molecular flexibility index (Phi) is 9.08. The van der Waals surface area contributed by atoms with Crippen molar-refractivity contribution in [3.05, 3.63) is 0 Å². The van der Waals surface area contributed by atoms with Gasteiger partial charge in [-0.25, -0.2) is 0 Å². The molecule has 0 heterocycles. The molecule has 0 atom stereocenters. The Hall–Kier alpha value is 0.320. The molecule has 0 radical (unpaired) electrons. The highest BCUT2D eigenvalue weighted by molar-refractivity contribution is 9.10. The molecule has 88 valence electrons. The first-order valence-electron chi connectivity index (χ1n) is 4.37. The van der Waals surface area contributed by atoms with Gasteiger partial charge in [0.1, 0.15) is 0 Å². The van der Waals surface area contributed by atoms with Crippen molar-refractivity contribution in [2.75, 3.05) is 26.4 Å². The Balaban J connectivity index is 0. The third-order valence-electron chi connectivity index (χ3n) is 1.34. The average Bonchev–Trinajstić information content (AvgIpc) is 2.07. The number of aliphatic hydroxyl groups is 4. The summed E-state index contributed by atoms with van der Waals surface area (Å²) < 4.78 is 0.312. The Morgan fingerprint density at radius 1 is 0.786 bits per heavy atom. The van der Waals surface area contributed by atoms with Crippen LogP contribution in [0.1, 0.15) is 20.8 Å². The van der Waals surface area contributed by atoms with E-state index in [0.29, 0.717) is 4.32 Å². The second-order valence-corrected chi connectivity index (χ2v) is 6.58. The van der Waals surface area contributed by atoms with Crippen LogP contribution in [0.15, 0.2) is 0 Å². The molecule has 0 aromatic rings. The smallest absolute Gasteiger partial charge is 0.0627 e. The lowest BCUT2D eigenvalue weighted by Gasteiger charge is -2.23. The molecule has 0 rings (SSSR count). The van der Waals surface area contributed by atoms with Gasteiger partial charge in [0, 0.05) is 4.32 Å². The zero-order chi connectivity index (χ0) is 11.8. The molecule has 0 aromatic heterocycles. The lowest BCUT2D eigenvalue weighted by molar-refractivity contribution is -0.0328. The van der Waals surface area contributed by atoms with Crippen molar-refractivity contribution in [2.24, 2.45) is 5.41 Å². The Bertz CT molecular complexity index is 106. The van der Waals surface area contributed by atoms with Crippen LogP contribution in [-0.2, 0) is 0 Å². The second-order valence-electron chi connectivity index (χ2n) is 4.20. The first-order chi connectivity index (χ1) is 6.24. The lowest BCUT2D eigenvalue weighted by atomic mass is 9.93. The van der Waals surface area contributed by atoms with E-state index >= 15 is 0 Å². The van der Waals surface area contributed by atoms with Crippen LogP contribution in [0.3, 0.4) is 0 Å². The molecule has 0 saturated carbocycles. The minimum Gasteiger partial charge on any atom is -0.396 e. The summed E-state index contributed by atoms with van der Waals surface area (Å²) in [6.45, 7) is 4.69. The third kappa shape index (κ3) is 10.4. The molecular weight excluding hydrogens is 252 g/mol. The van der Waals surface area contributed by atoms with E-state index in [9.17, 15) is 0 Å². The van der Waals surface area contributed by atoms with Gasteiger partial charge in [-0.15, -0.1) is 0 Å². The van der Waals surface area contributed by atoms with E-state index in [1.807, 2.05) is 0 Å². The van der Waals surface area contributed by atoms with Gasteiger partial charge in [-0.05, 0) is 0 Å². The SMILES string of the molecule is CC(C)(C)Br.OCC(CO)(CO)CO. The molecule has 0 aliphatic heterocycles. The number of alkyl halides is 1. The fourth-order valence-corrected chi connectivity index (χ4v) is 0.300. The predicted octanol–water partition coefficient (Wildman–Crippen LogP) is 0.122. The second kappa shape index (κ2) is 7.59. The van der Waals surface area contributed by atoms with Crippen LogP contribution in [0.4, 0.5) is 0 Å². The van der Waals surface area contributed by atoms with Gasteiger partial charge in [-0.2, -0.15) is 0 Å². The number of aliphatic hydroxyl groups excluding tert-OH is 4. The van der Waals surface area contributed by atoms with E-state index in [-0.39, 0.29) is 0 Å². The van der Waals surface area contributed by atoms with Crippen LogP contribution < -0.4 is 0 Å². The van der Waals surface area contributed by atoms with Gasteiger partial charge >= 0.3 is 0 Å². The lowest BCUT2D eigenvalue weighted by Crippen LogP contribution is -2.37. The molecule has 0 aliphatic rings. The van der Waals surface area contributed by atoms with Crippen molar-refractivity contribution in [2.45, 2.75) is 25.1 Å². The van der Waals surface area contributed by atoms with Gasteiger partial charge < -0.3 is 20.4 Å². The summed E-state index contributed by atoms with van der Waals surface area (Å²) in [4.78, 5) is 0. The van der Waals surface area contributed by atoms with Gasteiger partial charge in [0.05, 0.1) is 31.8 Å². The topological polar surface area (TPSA) is 80.9 Å². The maximum atomic E-state index is 8.50. The van der Waals surface area contributed by atoms with Crippen molar-refractivity contribution in [3.8, 4) is 0 Å². The summed E-state index contributed by atoms with van der Waals surface area (Å²) in [5, 5.41) is 34.0. The number of hydrogen-bond acceptors (Lipinski definition) is 4. The molecule has 0 aliphatic carbocycles. The van der Waals surface area contributed by atoms with E-state index in [4.69, 9.17) is 20.4 Å². The molecule has 0 unspecified atom stereocenters. The minimum atomic E-state index is -1.11. The average molecular weight is 273 g/mol. The monoisotopic (exact) mass is 272 g/mol. The van der Waals surface area contributed by atoms with Gasteiger partial charge in [-0.3, -0.25) is 0 Å². The van der Waals surface area contributed by atoms with Gasteiger partial charge in [0.25, 0.3) is 0 Å². The fraction of sp³-hybridized carbons (Fsp3) is 1.00. The van der Waals surface area contributed by atoms with E-state index in [1.165, 1.54) is 0 Å². The van der Waals surface area contributed by atoms with Crippen LogP contribution in [0, 0.1) is 5.41 Å². The van der Waals surface area contributed by atoms with Crippen molar-refractivity contribution >= 4 is 15.9 Å². The van der Waals surface area contributed by atoms with Crippen LogP contribution >= 0.6 is 15.9 Å². The first-order valence-corrected chi connectivity index (χ1v) is 5.16. The molecule has 4 nitrogen and oxygen atoms in total. The minimum absolute atomic E-state index is 0.312.